The highest BCUT2D eigenvalue weighted by Gasteiger charge is 2.13. The third-order valence-corrected chi connectivity index (χ3v) is 3.67. The third-order valence-electron chi connectivity index (χ3n) is 3.67. The molecule has 1 aliphatic heterocycles. The van der Waals surface area contributed by atoms with Crippen molar-refractivity contribution in [3.8, 4) is 23.0 Å². The molecule has 3 rings (SSSR count). The van der Waals surface area contributed by atoms with Crippen LogP contribution in [0.25, 0.3) is 0 Å². The zero-order valence-electron chi connectivity index (χ0n) is 15.0. The summed E-state index contributed by atoms with van der Waals surface area (Å²) >= 11 is 0. The second-order valence-electron chi connectivity index (χ2n) is 5.72. The third kappa shape index (κ3) is 6.41. The van der Waals surface area contributed by atoms with Gasteiger partial charge in [-0.25, -0.2) is 0 Å². The van der Waals surface area contributed by atoms with Crippen LogP contribution in [0.2, 0.25) is 0 Å². The van der Waals surface area contributed by atoms with Crippen molar-refractivity contribution in [1.82, 2.24) is 0 Å². The maximum Gasteiger partial charge on any atom is 0.221 e. The molecule has 0 aliphatic carbocycles. The molecule has 1 unspecified atom stereocenters. The minimum Gasteiger partial charge on any atom is -0.487 e. The van der Waals surface area contributed by atoms with Crippen LogP contribution < -0.4 is 14.2 Å². The topological polar surface area (TPSA) is 75.6 Å². The molecule has 0 spiro atoms. The van der Waals surface area contributed by atoms with Crippen LogP contribution in [0.15, 0.2) is 48.5 Å². The largest absolute Gasteiger partial charge is 0.487 e. The first-order valence-electron chi connectivity index (χ1n) is 8.89. The molecule has 2 aromatic carbocycles. The van der Waals surface area contributed by atoms with E-state index >= 15 is 0 Å². The number of rotatable bonds is 0. The predicted octanol–water partition coefficient (Wildman–Crippen LogP) is 2.62. The highest BCUT2D eigenvalue weighted by atomic mass is 16.6. The maximum atomic E-state index is 10.1. The summed E-state index contributed by atoms with van der Waals surface area (Å²) < 4.78 is 33.5. The lowest BCUT2D eigenvalue weighted by Gasteiger charge is -2.18. The van der Waals surface area contributed by atoms with E-state index in [9.17, 15) is 5.11 Å². The smallest absolute Gasteiger partial charge is 0.221 e. The van der Waals surface area contributed by atoms with E-state index in [1.54, 1.807) is 24.3 Å². The van der Waals surface area contributed by atoms with Crippen LogP contribution in [0.1, 0.15) is 0 Å². The second kappa shape index (κ2) is 10.7. The van der Waals surface area contributed by atoms with E-state index in [1.807, 2.05) is 24.3 Å². The second-order valence-corrected chi connectivity index (χ2v) is 5.72. The SMILES string of the molecule is OC1COCCOCCOCCOc2ccccc2Oc2ccccc2O1. The summed E-state index contributed by atoms with van der Waals surface area (Å²) in [7, 11) is 0. The Morgan fingerprint density at radius 3 is 1.85 bits per heavy atom. The van der Waals surface area contributed by atoms with E-state index in [4.69, 9.17) is 28.4 Å². The predicted molar refractivity (Wildman–Crippen MR) is 97.5 cm³/mol. The Morgan fingerprint density at radius 1 is 0.630 bits per heavy atom. The normalized spacial score (nSPS) is 19.8. The molecule has 2 aromatic rings. The lowest BCUT2D eigenvalue weighted by atomic mass is 10.3. The van der Waals surface area contributed by atoms with Gasteiger partial charge in [-0.2, -0.15) is 0 Å². The Morgan fingerprint density at radius 2 is 1.15 bits per heavy atom. The van der Waals surface area contributed by atoms with Gasteiger partial charge in [-0.3, -0.25) is 0 Å². The number of ether oxygens (including phenoxy) is 6. The molecular weight excluding hydrogens is 352 g/mol. The zero-order valence-corrected chi connectivity index (χ0v) is 15.0. The first kappa shape index (κ1) is 19.4. The molecule has 146 valence electrons. The highest BCUT2D eigenvalue weighted by Crippen LogP contribution is 2.36. The van der Waals surface area contributed by atoms with Gasteiger partial charge in [-0.1, -0.05) is 24.3 Å². The van der Waals surface area contributed by atoms with Gasteiger partial charge < -0.3 is 33.5 Å². The summed E-state index contributed by atoms with van der Waals surface area (Å²) in [6.45, 7) is 2.57. The van der Waals surface area contributed by atoms with E-state index in [0.29, 0.717) is 62.6 Å². The molecule has 1 N–H and O–H groups in total. The molecule has 0 saturated heterocycles. The Kier molecular flexibility index (Phi) is 7.73. The molecule has 1 aliphatic rings. The fourth-order valence-electron chi connectivity index (χ4n) is 2.42. The Labute approximate surface area is 158 Å². The monoisotopic (exact) mass is 376 g/mol. The number of hydrogen-bond acceptors (Lipinski definition) is 7. The number of benzene rings is 2. The van der Waals surface area contributed by atoms with E-state index in [2.05, 4.69) is 0 Å². The van der Waals surface area contributed by atoms with Gasteiger partial charge in [0, 0.05) is 0 Å². The van der Waals surface area contributed by atoms with Crippen LogP contribution >= 0.6 is 0 Å². The van der Waals surface area contributed by atoms with Crippen molar-refractivity contribution >= 4 is 0 Å². The van der Waals surface area contributed by atoms with Gasteiger partial charge in [0.05, 0.1) is 33.0 Å². The van der Waals surface area contributed by atoms with Gasteiger partial charge >= 0.3 is 0 Å². The quantitative estimate of drug-likeness (QED) is 0.757. The molecule has 0 amide bonds. The minimum absolute atomic E-state index is 0.0217. The van der Waals surface area contributed by atoms with Crippen molar-refractivity contribution in [1.29, 1.82) is 0 Å². The standard InChI is InChI=1S/C20H24O7/c21-20-15-24-12-11-22-9-10-23-13-14-25-16-5-1-2-6-17(16)26-18-7-3-4-8-19(18)27-20/h1-8,20-21H,9-15H2. The van der Waals surface area contributed by atoms with Crippen molar-refractivity contribution in [2.45, 2.75) is 6.29 Å². The summed E-state index contributed by atoms with van der Waals surface area (Å²) in [5.74, 6) is 2.01. The van der Waals surface area contributed by atoms with Gasteiger partial charge in [-0.05, 0) is 24.3 Å². The number of aliphatic hydroxyl groups excluding tert-OH is 1. The molecule has 0 radical (unpaired) electrons. The highest BCUT2D eigenvalue weighted by molar-refractivity contribution is 5.47. The molecule has 1 heterocycles. The molecule has 0 fully saturated rings. The number of para-hydroxylation sites is 4. The van der Waals surface area contributed by atoms with Gasteiger partial charge in [-0.15, -0.1) is 0 Å². The number of aliphatic hydroxyl groups is 1. The Hall–Kier alpha value is -2.32. The lowest BCUT2D eigenvalue weighted by Crippen LogP contribution is -2.24. The van der Waals surface area contributed by atoms with Crippen molar-refractivity contribution in [2.75, 3.05) is 46.2 Å². The average Bonchev–Trinajstić information content (AvgIpc) is 2.68. The van der Waals surface area contributed by atoms with Crippen LogP contribution in [0, 0.1) is 0 Å². The fraction of sp³-hybridized carbons (Fsp3) is 0.400. The Bertz CT molecular complexity index is 692. The van der Waals surface area contributed by atoms with Crippen molar-refractivity contribution < 1.29 is 33.5 Å². The summed E-state index contributed by atoms with van der Waals surface area (Å²) in [6, 6.07) is 14.5. The van der Waals surface area contributed by atoms with E-state index in [1.165, 1.54) is 0 Å². The lowest BCUT2D eigenvalue weighted by molar-refractivity contribution is -0.0864. The zero-order chi connectivity index (χ0) is 18.7. The van der Waals surface area contributed by atoms with Crippen LogP contribution in [-0.2, 0) is 14.2 Å². The van der Waals surface area contributed by atoms with Crippen LogP contribution in [0.4, 0.5) is 0 Å². The average molecular weight is 376 g/mol. The number of fused-ring (bicyclic) bond motifs is 2. The molecule has 27 heavy (non-hydrogen) atoms. The van der Waals surface area contributed by atoms with Crippen LogP contribution in [-0.4, -0.2) is 57.6 Å². The van der Waals surface area contributed by atoms with Crippen LogP contribution in [0.3, 0.4) is 0 Å². The van der Waals surface area contributed by atoms with Gasteiger partial charge in [0.2, 0.25) is 6.29 Å². The summed E-state index contributed by atoms with van der Waals surface area (Å²) in [4.78, 5) is 0. The summed E-state index contributed by atoms with van der Waals surface area (Å²) in [5, 5.41) is 10.1. The molecule has 0 bridgehead atoms. The fourth-order valence-corrected chi connectivity index (χ4v) is 2.42. The summed E-state index contributed by atoms with van der Waals surface area (Å²) in [5.41, 5.74) is 0. The summed E-state index contributed by atoms with van der Waals surface area (Å²) in [6.07, 6.45) is -1.12. The first-order valence-corrected chi connectivity index (χ1v) is 8.89. The minimum atomic E-state index is -1.12. The van der Waals surface area contributed by atoms with Crippen molar-refractivity contribution in [3.05, 3.63) is 48.5 Å². The molecule has 1 atom stereocenters. The van der Waals surface area contributed by atoms with Gasteiger partial charge in [0.1, 0.15) is 13.2 Å². The molecule has 7 nitrogen and oxygen atoms in total. The van der Waals surface area contributed by atoms with Crippen molar-refractivity contribution in [2.24, 2.45) is 0 Å². The molecule has 0 aromatic heterocycles. The van der Waals surface area contributed by atoms with E-state index in [0.717, 1.165) is 0 Å². The molecule has 7 heteroatoms. The van der Waals surface area contributed by atoms with E-state index in [-0.39, 0.29) is 6.61 Å². The molecule has 0 saturated carbocycles. The Balaban J connectivity index is 1.75. The molecular formula is C20H24O7. The maximum absolute atomic E-state index is 10.1. The van der Waals surface area contributed by atoms with E-state index < -0.39 is 6.29 Å². The first-order chi connectivity index (χ1) is 13.3. The van der Waals surface area contributed by atoms with Gasteiger partial charge in [0.25, 0.3) is 0 Å². The van der Waals surface area contributed by atoms with Crippen molar-refractivity contribution in [3.63, 3.8) is 0 Å². The van der Waals surface area contributed by atoms with Crippen LogP contribution in [0.5, 0.6) is 23.0 Å². The number of hydrogen-bond donors (Lipinski definition) is 1. The van der Waals surface area contributed by atoms with Gasteiger partial charge in [0.15, 0.2) is 23.0 Å².